The Morgan fingerprint density at radius 3 is 2.48 bits per heavy atom. The van der Waals surface area contributed by atoms with Crippen LogP contribution in [0, 0.1) is 5.82 Å². The maximum absolute atomic E-state index is 14.2. The van der Waals surface area contributed by atoms with Gasteiger partial charge in [-0.2, -0.15) is 9.29 Å². The van der Waals surface area contributed by atoms with Gasteiger partial charge in [0.1, 0.15) is 10.7 Å². The molecule has 164 valence electrons. The highest BCUT2D eigenvalue weighted by molar-refractivity contribution is 7.89. The summed E-state index contributed by atoms with van der Waals surface area (Å²) >= 11 is 5.84. The van der Waals surface area contributed by atoms with E-state index in [0.29, 0.717) is 10.6 Å². The van der Waals surface area contributed by atoms with Gasteiger partial charge in [-0.1, -0.05) is 30.6 Å². The van der Waals surface area contributed by atoms with E-state index >= 15 is 0 Å². The van der Waals surface area contributed by atoms with Crippen LogP contribution in [0.5, 0.6) is 0 Å². The van der Waals surface area contributed by atoms with E-state index in [4.69, 9.17) is 20.9 Å². The van der Waals surface area contributed by atoms with Gasteiger partial charge in [-0.15, -0.1) is 0 Å². The standard InChI is InChI=1S/C20H19ClFN3O5S/c1-3-25(4-2)31(27,28)17-11-14(7-10-16(17)22)20(26)29-12-18-23-19(24-30-18)13-5-8-15(21)9-6-13/h5-11H,3-4,12H2,1-2H3. The summed E-state index contributed by atoms with van der Waals surface area (Å²) in [5, 5.41) is 4.37. The average Bonchev–Trinajstić information content (AvgIpc) is 3.22. The topological polar surface area (TPSA) is 103 Å². The first-order chi connectivity index (χ1) is 14.8. The van der Waals surface area contributed by atoms with Gasteiger partial charge in [0.25, 0.3) is 5.89 Å². The Balaban J connectivity index is 1.74. The van der Waals surface area contributed by atoms with E-state index in [-0.39, 0.29) is 37.0 Å². The summed E-state index contributed by atoms with van der Waals surface area (Å²) in [6.07, 6.45) is 0. The summed E-state index contributed by atoms with van der Waals surface area (Å²) in [6, 6.07) is 9.78. The van der Waals surface area contributed by atoms with E-state index in [2.05, 4.69) is 10.1 Å². The lowest BCUT2D eigenvalue weighted by Gasteiger charge is -2.19. The van der Waals surface area contributed by atoms with Crippen LogP contribution in [0.15, 0.2) is 51.9 Å². The molecule has 0 aliphatic carbocycles. The smallest absolute Gasteiger partial charge is 0.338 e. The Labute approximate surface area is 183 Å². The van der Waals surface area contributed by atoms with E-state index in [1.165, 1.54) is 0 Å². The quantitative estimate of drug-likeness (QED) is 0.462. The van der Waals surface area contributed by atoms with E-state index in [0.717, 1.165) is 22.5 Å². The molecule has 8 nitrogen and oxygen atoms in total. The number of aromatic nitrogens is 2. The van der Waals surface area contributed by atoms with Gasteiger partial charge >= 0.3 is 5.97 Å². The molecule has 0 N–H and O–H groups in total. The first-order valence-electron chi connectivity index (χ1n) is 9.31. The molecular weight excluding hydrogens is 449 g/mol. The zero-order valence-electron chi connectivity index (χ0n) is 16.7. The van der Waals surface area contributed by atoms with Crippen LogP contribution < -0.4 is 0 Å². The van der Waals surface area contributed by atoms with Crippen molar-refractivity contribution in [2.24, 2.45) is 0 Å². The minimum Gasteiger partial charge on any atom is -0.452 e. The van der Waals surface area contributed by atoms with Crippen LogP contribution in [0.25, 0.3) is 11.4 Å². The number of ether oxygens (including phenoxy) is 1. The van der Waals surface area contributed by atoms with E-state index in [9.17, 15) is 17.6 Å². The third kappa shape index (κ3) is 5.09. The van der Waals surface area contributed by atoms with Crippen molar-refractivity contribution < 1.29 is 26.9 Å². The largest absolute Gasteiger partial charge is 0.452 e. The molecule has 2 aromatic carbocycles. The van der Waals surface area contributed by atoms with Gasteiger partial charge in [0.15, 0.2) is 6.61 Å². The number of benzene rings is 2. The predicted molar refractivity (Wildman–Crippen MR) is 110 cm³/mol. The Morgan fingerprint density at radius 1 is 1.16 bits per heavy atom. The average molecular weight is 468 g/mol. The zero-order chi connectivity index (χ0) is 22.6. The Morgan fingerprint density at radius 2 is 1.84 bits per heavy atom. The van der Waals surface area contributed by atoms with Gasteiger partial charge in [0, 0.05) is 23.7 Å². The third-order valence-corrected chi connectivity index (χ3v) is 6.70. The van der Waals surface area contributed by atoms with Crippen LogP contribution >= 0.6 is 11.6 Å². The molecule has 1 aromatic heterocycles. The summed E-state index contributed by atoms with van der Waals surface area (Å²) in [7, 11) is -4.09. The molecule has 1 heterocycles. The Kier molecular flexibility index (Phi) is 7.04. The molecule has 0 saturated carbocycles. The van der Waals surface area contributed by atoms with E-state index in [1.54, 1.807) is 38.1 Å². The molecule has 3 aromatic rings. The molecule has 0 aliphatic heterocycles. The zero-order valence-corrected chi connectivity index (χ0v) is 18.3. The van der Waals surface area contributed by atoms with E-state index in [1.807, 2.05) is 0 Å². The molecule has 0 atom stereocenters. The van der Waals surface area contributed by atoms with Crippen LogP contribution in [-0.2, 0) is 21.4 Å². The first-order valence-corrected chi connectivity index (χ1v) is 11.1. The lowest BCUT2D eigenvalue weighted by molar-refractivity contribution is 0.0429. The number of hydrogen-bond donors (Lipinski definition) is 0. The van der Waals surface area contributed by atoms with Gasteiger partial charge in [-0.3, -0.25) is 0 Å². The summed E-state index contributed by atoms with van der Waals surface area (Å²) in [6.45, 7) is 3.27. The van der Waals surface area contributed by atoms with Crippen LogP contribution in [0.1, 0.15) is 30.1 Å². The maximum atomic E-state index is 14.2. The summed E-state index contributed by atoms with van der Waals surface area (Å²) in [5.74, 6) is -1.48. The fraction of sp³-hybridized carbons (Fsp3) is 0.250. The summed E-state index contributed by atoms with van der Waals surface area (Å²) in [5.41, 5.74) is 0.542. The van der Waals surface area contributed by atoms with Crippen LogP contribution in [0.4, 0.5) is 4.39 Å². The highest BCUT2D eigenvalue weighted by Gasteiger charge is 2.26. The first kappa shape index (κ1) is 22.9. The molecule has 11 heteroatoms. The molecule has 0 fully saturated rings. The van der Waals surface area contributed by atoms with Crippen molar-refractivity contribution in [3.8, 4) is 11.4 Å². The van der Waals surface area contributed by atoms with Crippen LogP contribution in [0.2, 0.25) is 5.02 Å². The monoisotopic (exact) mass is 467 g/mol. The number of rotatable bonds is 8. The number of halogens is 2. The van der Waals surface area contributed by atoms with Crippen molar-refractivity contribution in [3.63, 3.8) is 0 Å². The Bertz CT molecular complexity index is 1180. The second-order valence-electron chi connectivity index (χ2n) is 6.33. The molecule has 0 aliphatic rings. The molecule has 0 saturated heterocycles. The van der Waals surface area contributed by atoms with Crippen molar-refractivity contribution >= 4 is 27.6 Å². The molecule has 0 bridgehead atoms. The molecule has 0 radical (unpaired) electrons. The summed E-state index contributed by atoms with van der Waals surface area (Å²) < 4.78 is 50.7. The SMILES string of the molecule is CCN(CC)S(=O)(=O)c1cc(C(=O)OCc2nc(-c3ccc(Cl)cc3)no2)ccc1F. The number of nitrogens with zero attached hydrogens (tertiary/aromatic N) is 3. The van der Waals surface area contributed by atoms with Gasteiger partial charge < -0.3 is 9.26 Å². The van der Waals surface area contributed by atoms with Crippen LogP contribution in [-0.4, -0.2) is 41.9 Å². The highest BCUT2D eigenvalue weighted by Crippen LogP contribution is 2.22. The van der Waals surface area contributed by atoms with Gasteiger partial charge in [0.05, 0.1) is 5.56 Å². The third-order valence-electron chi connectivity index (χ3n) is 4.39. The number of carbonyl (C=O) groups is 1. The van der Waals surface area contributed by atoms with Gasteiger partial charge in [-0.05, 0) is 42.5 Å². The molecule has 0 amide bonds. The number of carbonyl (C=O) groups excluding carboxylic acids is 1. The normalized spacial score (nSPS) is 11.6. The van der Waals surface area contributed by atoms with Crippen LogP contribution in [0.3, 0.4) is 0 Å². The molecule has 31 heavy (non-hydrogen) atoms. The highest BCUT2D eigenvalue weighted by atomic mass is 35.5. The minimum atomic E-state index is -4.09. The van der Waals surface area contributed by atoms with Gasteiger partial charge in [0.2, 0.25) is 15.8 Å². The van der Waals surface area contributed by atoms with E-state index < -0.39 is 26.7 Å². The molecule has 0 unspecified atom stereocenters. The lowest BCUT2D eigenvalue weighted by atomic mass is 10.2. The van der Waals surface area contributed by atoms with Crippen molar-refractivity contribution in [1.29, 1.82) is 0 Å². The molecule has 3 rings (SSSR count). The minimum absolute atomic E-state index is 0.0383. The fourth-order valence-corrected chi connectivity index (χ4v) is 4.45. The molecule has 0 spiro atoms. The number of esters is 1. The Hall–Kier alpha value is -2.82. The van der Waals surface area contributed by atoms with Gasteiger partial charge in [-0.25, -0.2) is 17.6 Å². The number of hydrogen-bond acceptors (Lipinski definition) is 7. The lowest BCUT2D eigenvalue weighted by Crippen LogP contribution is -2.31. The second kappa shape index (κ2) is 9.54. The predicted octanol–water partition coefficient (Wildman–Crippen LogP) is 3.92. The molecular formula is C20H19ClFN3O5S. The fourth-order valence-electron chi connectivity index (χ4n) is 2.77. The van der Waals surface area contributed by atoms with Crippen molar-refractivity contribution in [2.45, 2.75) is 25.3 Å². The second-order valence-corrected chi connectivity index (χ2v) is 8.67. The van der Waals surface area contributed by atoms with Crippen molar-refractivity contribution in [2.75, 3.05) is 13.1 Å². The van der Waals surface area contributed by atoms with Crippen molar-refractivity contribution in [3.05, 3.63) is 64.8 Å². The number of sulfonamides is 1. The summed E-state index contributed by atoms with van der Waals surface area (Å²) in [4.78, 5) is 15.9. The van der Waals surface area contributed by atoms with Crippen molar-refractivity contribution in [1.82, 2.24) is 14.4 Å². The maximum Gasteiger partial charge on any atom is 0.338 e.